The Balaban J connectivity index is 0.00000144. The van der Waals surface area contributed by atoms with E-state index in [0.29, 0.717) is 5.11 Å². The summed E-state index contributed by atoms with van der Waals surface area (Å²) in [7, 11) is 1.75. The van der Waals surface area contributed by atoms with Crippen LogP contribution in [0.15, 0.2) is 4.99 Å². The second-order valence-electron chi connectivity index (χ2n) is 2.52. The van der Waals surface area contributed by atoms with Gasteiger partial charge in [0.2, 0.25) is 5.96 Å². The Labute approximate surface area is 100 Å². The summed E-state index contributed by atoms with van der Waals surface area (Å²) in [6.45, 7) is 1.79. The highest BCUT2D eigenvalue weighted by Crippen LogP contribution is 1.87. The third-order valence-corrected chi connectivity index (χ3v) is 1.78. The molecule has 1 aliphatic heterocycles. The van der Waals surface area contributed by atoms with Crippen molar-refractivity contribution in [2.75, 3.05) is 20.1 Å². The lowest BCUT2D eigenvalue weighted by Gasteiger charge is -2.23. The summed E-state index contributed by atoms with van der Waals surface area (Å²) in [6.07, 6.45) is 1.07. The van der Waals surface area contributed by atoms with Gasteiger partial charge in [0.05, 0.1) is 0 Å². The van der Waals surface area contributed by atoms with Gasteiger partial charge in [-0.2, -0.15) is 0 Å². The molecule has 0 amide bonds. The molecule has 0 aromatic carbocycles. The molecule has 13 heavy (non-hydrogen) atoms. The zero-order valence-corrected chi connectivity index (χ0v) is 10.6. The van der Waals surface area contributed by atoms with Crippen molar-refractivity contribution in [3.8, 4) is 0 Å². The summed E-state index contributed by atoms with van der Waals surface area (Å²) in [6, 6.07) is 0. The molecule has 0 unspecified atom stereocenters. The Morgan fingerprint density at radius 3 is 2.92 bits per heavy atom. The molecule has 0 aromatic heterocycles. The van der Waals surface area contributed by atoms with Crippen LogP contribution < -0.4 is 16.5 Å². The number of halogens is 1. The van der Waals surface area contributed by atoms with Gasteiger partial charge in [-0.1, -0.05) is 0 Å². The normalized spacial score (nSPS) is 14.7. The quantitative estimate of drug-likeness (QED) is 0.323. The molecule has 0 atom stereocenters. The standard InChI is InChI=1S/C6H13N5S.HI/c1-11(5(7)12)10-6-8-3-2-4-9-6;/h2-4H2,1H3,(H2,7,12)(H2,8,9,10);1H. The Kier molecular flexibility index (Phi) is 6.04. The van der Waals surface area contributed by atoms with Crippen molar-refractivity contribution in [3.05, 3.63) is 0 Å². The predicted octanol–water partition coefficient (Wildman–Crippen LogP) is -0.366. The highest BCUT2D eigenvalue weighted by molar-refractivity contribution is 14.0. The molecule has 0 saturated heterocycles. The van der Waals surface area contributed by atoms with E-state index in [1.807, 2.05) is 0 Å². The van der Waals surface area contributed by atoms with E-state index in [1.54, 1.807) is 12.1 Å². The molecule has 0 radical (unpaired) electrons. The van der Waals surface area contributed by atoms with E-state index < -0.39 is 0 Å². The fourth-order valence-electron chi connectivity index (χ4n) is 0.821. The van der Waals surface area contributed by atoms with Gasteiger partial charge in [0, 0.05) is 20.1 Å². The fraction of sp³-hybridized carbons (Fsp3) is 0.667. The lowest BCUT2D eigenvalue weighted by Crippen LogP contribution is -2.52. The summed E-state index contributed by atoms with van der Waals surface area (Å²) in [5.74, 6) is 0.733. The van der Waals surface area contributed by atoms with Crippen molar-refractivity contribution in [2.45, 2.75) is 6.42 Å². The summed E-state index contributed by atoms with van der Waals surface area (Å²) in [4.78, 5) is 4.19. The lowest BCUT2D eigenvalue weighted by atomic mass is 10.4. The summed E-state index contributed by atoms with van der Waals surface area (Å²) in [5.41, 5.74) is 8.29. The molecule has 7 heteroatoms. The first-order valence-corrected chi connectivity index (χ1v) is 4.19. The number of guanidine groups is 1. The van der Waals surface area contributed by atoms with Crippen molar-refractivity contribution < 1.29 is 0 Å². The molecule has 0 aromatic rings. The number of nitrogens with two attached hydrogens (primary N) is 1. The van der Waals surface area contributed by atoms with Crippen molar-refractivity contribution in [3.63, 3.8) is 0 Å². The summed E-state index contributed by atoms with van der Waals surface area (Å²) >= 11 is 4.75. The Bertz CT molecular complexity index is 207. The second kappa shape index (κ2) is 6.19. The Morgan fingerprint density at radius 1 is 1.77 bits per heavy atom. The minimum atomic E-state index is 0. The zero-order valence-electron chi connectivity index (χ0n) is 7.41. The number of aliphatic imine (C=N–C) groups is 1. The average molecular weight is 315 g/mol. The zero-order chi connectivity index (χ0) is 8.97. The van der Waals surface area contributed by atoms with Crippen molar-refractivity contribution >= 4 is 47.3 Å². The van der Waals surface area contributed by atoms with E-state index in [-0.39, 0.29) is 24.0 Å². The van der Waals surface area contributed by atoms with E-state index in [9.17, 15) is 0 Å². The molecule has 4 N–H and O–H groups in total. The van der Waals surface area contributed by atoms with Crippen molar-refractivity contribution in [1.82, 2.24) is 15.8 Å². The van der Waals surface area contributed by atoms with Crippen molar-refractivity contribution in [2.24, 2.45) is 10.7 Å². The summed E-state index contributed by atoms with van der Waals surface area (Å²) < 4.78 is 0. The van der Waals surface area contributed by atoms with Gasteiger partial charge < -0.3 is 11.1 Å². The molecule has 1 heterocycles. The smallest absolute Gasteiger partial charge is 0.210 e. The minimum absolute atomic E-state index is 0. The predicted molar refractivity (Wildman–Crippen MR) is 68.0 cm³/mol. The molecule has 0 fully saturated rings. The molecule has 0 spiro atoms. The molecule has 76 valence electrons. The van der Waals surface area contributed by atoms with Gasteiger partial charge in [-0.3, -0.25) is 15.4 Å². The first-order chi connectivity index (χ1) is 5.70. The molecule has 5 nitrogen and oxygen atoms in total. The molecule has 0 saturated carbocycles. The van der Waals surface area contributed by atoms with Gasteiger partial charge in [0.15, 0.2) is 5.11 Å². The van der Waals surface area contributed by atoms with Gasteiger partial charge in [0.1, 0.15) is 0 Å². The first kappa shape index (κ1) is 12.7. The SMILES string of the molecule is CN(NC1=NCCCN1)C(N)=S.I. The molecule has 0 bridgehead atoms. The monoisotopic (exact) mass is 315 g/mol. The van der Waals surface area contributed by atoms with Gasteiger partial charge >= 0.3 is 0 Å². The number of hydrazine groups is 1. The summed E-state index contributed by atoms with van der Waals surface area (Å²) in [5, 5.41) is 4.93. The van der Waals surface area contributed by atoms with Gasteiger partial charge in [-0.25, -0.2) is 0 Å². The lowest BCUT2D eigenvalue weighted by molar-refractivity contribution is 0.445. The maximum atomic E-state index is 5.37. The van der Waals surface area contributed by atoms with Gasteiger partial charge in [0.25, 0.3) is 0 Å². The van der Waals surface area contributed by atoms with E-state index >= 15 is 0 Å². The minimum Gasteiger partial charge on any atom is -0.375 e. The maximum Gasteiger partial charge on any atom is 0.210 e. The highest BCUT2D eigenvalue weighted by atomic mass is 127. The van der Waals surface area contributed by atoms with E-state index in [2.05, 4.69) is 15.7 Å². The van der Waals surface area contributed by atoms with Crippen LogP contribution in [0.25, 0.3) is 0 Å². The topological polar surface area (TPSA) is 65.7 Å². The fourth-order valence-corrected chi connectivity index (χ4v) is 0.867. The number of thiocarbonyl (C=S) groups is 1. The van der Waals surface area contributed by atoms with Crippen LogP contribution >= 0.6 is 36.2 Å². The Hall–Kier alpha value is -0.310. The van der Waals surface area contributed by atoms with E-state index in [1.165, 1.54) is 0 Å². The van der Waals surface area contributed by atoms with Crippen LogP contribution in [-0.4, -0.2) is 36.2 Å². The number of nitrogens with one attached hydrogen (secondary N) is 2. The van der Waals surface area contributed by atoms with Crippen LogP contribution in [0.4, 0.5) is 0 Å². The largest absolute Gasteiger partial charge is 0.375 e. The highest BCUT2D eigenvalue weighted by Gasteiger charge is 2.05. The van der Waals surface area contributed by atoms with Crippen LogP contribution in [0.5, 0.6) is 0 Å². The Morgan fingerprint density at radius 2 is 2.46 bits per heavy atom. The maximum absolute atomic E-state index is 5.37. The van der Waals surface area contributed by atoms with Gasteiger partial charge in [-0.05, 0) is 18.6 Å². The number of hydrogen-bond acceptors (Lipinski definition) is 4. The molecular weight excluding hydrogens is 301 g/mol. The van der Waals surface area contributed by atoms with E-state index in [0.717, 1.165) is 25.5 Å². The van der Waals surface area contributed by atoms with E-state index in [4.69, 9.17) is 18.0 Å². The van der Waals surface area contributed by atoms with Crippen molar-refractivity contribution in [1.29, 1.82) is 0 Å². The van der Waals surface area contributed by atoms with Crippen LogP contribution in [0.2, 0.25) is 0 Å². The third-order valence-electron chi connectivity index (χ3n) is 1.50. The number of rotatable bonds is 0. The van der Waals surface area contributed by atoms with Crippen LogP contribution in [-0.2, 0) is 0 Å². The molecule has 1 aliphatic rings. The number of nitrogens with zero attached hydrogens (tertiary/aromatic N) is 2. The van der Waals surface area contributed by atoms with Gasteiger partial charge in [-0.15, -0.1) is 24.0 Å². The molecule has 0 aliphatic carbocycles. The second-order valence-corrected chi connectivity index (χ2v) is 2.94. The third kappa shape index (κ3) is 4.46. The first-order valence-electron chi connectivity index (χ1n) is 3.78. The molecule has 1 rings (SSSR count). The average Bonchev–Trinajstić information content (AvgIpc) is 2.06. The van der Waals surface area contributed by atoms with Crippen LogP contribution in [0.3, 0.4) is 0 Å². The number of hydrogen-bond donors (Lipinski definition) is 3. The van der Waals surface area contributed by atoms with Crippen LogP contribution in [0.1, 0.15) is 6.42 Å². The molecular formula is C6H14IN5S. The van der Waals surface area contributed by atoms with Crippen LogP contribution in [0, 0.1) is 0 Å².